The standard InChI is InChI=1S/C16H18N2O2/c1-20-15-5-4-12-6-11(2-3-13(12)7-15)8-18-16(19)14-9-17-10-14/h2-7,14,17H,8-10H2,1H3,(H,18,19). The summed E-state index contributed by atoms with van der Waals surface area (Å²) in [5.74, 6) is 1.13. The van der Waals surface area contributed by atoms with Gasteiger partial charge in [0.15, 0.2) is 0 Å². The highest BCUT2D eigenvalue weighted by Crippen LogP contribution is 2.21. The van der Waals surface area contributed by atoms with Crippen LogP contribution in [0.25, 0.3) is 10.8 Å². The van der Waals surface area contributed by atoms with Gasteiger partial charge in [0.05, 0.1) is 13.0 Å². The summed E-state index contributed by atoms with van der Waals surface area (Å²) in [5.41, 5.74) is 1.11. The fraction of sp³-hybridized carbons (Fsp3) is 0.312. The number of benzene rings is 2. The fourth-order valence-electron chi connectivity index (χ4n) is 2.32. The van der Waals surface area contributed by atoms with E-state index in [9.17, 15) is 4.79 Å². The Morgan fingerprint density at radius 3 is 2.70 bits per heavy atom. The average Bonchev–Trinajstić information content (AvgIpc) is 2.42. The number of amides is 1. The molecule has 0 aliphatic carbocycles. The molecule has 4 heteroatoms. The van der Waals surface area contributed by atoms with Gasteiger partial charge in [0, 0.05) is 19.6 Å². The van der Waals surface area contributed by atoms with Crippen LogP contribution in [0.3, 0.4) is 0 Å². The van der Waals surface area contributed by atoms with Gasteiger partial charge in [-0.15, -0.1) is 0 Å². The second-order valence-electron chi connectivity index (χ2n) is 5.12. The molecule has 2 N–H and O–H groups in total. The minimum atomic E-state index is 0.138. The van der Waals surface area contributed by atoms with Gasteiger partial charge in [-0.3, -0.25) is 4.79 Å². The number of carbonyl (C=O) groups excluding carboxylic acids is 1. The largest absolute Gasteiger partial charge is 0.497 e. The molecule has 0 atom stereocenters. The lowest BCUT2D eigenvalue weighted by atomic mass is 10.0. The molecule has 2 aromatic rings. The molecule has 0 saturated carbocycles. The predicted octanol–water partition coefficient (Wildman–Crippen LogP) is 1.68. The molecule has 4 nitrogen and oxygen atoms in total. The Morgan fingerprint density at radius 1 is 1.25 bits per heavy atom. The van der Waals surface area contributed by atoms with Crippen molar-refractivity contribution in [3.63, 3.8) is 0 Å². The second kappa shape index (κ2) is 5.51. The first kappa shape index (κ1) is 12.9. The van der Waals surface area contributed by atoms with E-state index in [1.54, 1.807) is 7.11 Å². The molecule has 1 saturated heterocycles. The summed E-state index contributed by atoms with van der Waals surface area (Å²) in [6, 6.07) is 12.2. The van der Waals surface area contributed by atoms with E-state index in [2.05, 4.69) is 22.8 Å². The average molecular weight is 270 g/mol. The fourth-order valence-corrected chi connectivity index (χ4v) is 2.32. The molecule has 1 heterocycles. The molecule has 104 valence electrons. The third kappa shape index (κ3) is 2.60. The van der Waals surface area contributed by atoms with Crippen LogP contribution in [-0.2, 0) is 11.3 Å². The zero-order valence-electron chi connectivity index (χ0n) is 11.5. The molecule has 2 aromatic carbocycles. The van der Waals surface area contributed by atoms with Crippen LogP contribution in [0.1, 0.15) is 5.56 Å². The molecule has 1 aliphatic heterocycles. The van der Waals surface area contributed by atoms with E-state index < -0.39 is 0 Å². The maximum Gasteiger partial charge on any atom is 0.225 e. The van der Waals surface area contributed by atoms with E-state index in [-0.39, 0.29) is 11.8 Å². The van der Waals surface area contributed by atoms with Crippen LogP contribution in [0, 0.1) is 5.92 Å². The summed E-state index contributed by atoms with van der Waals surface area (Å²) < 4.78 is 5.21. The summed E-state index contributed by atoms with van der Waals surface area (Å²) in [4.78, 5) is 11.8. The van der Waals surface area contributed by atoms with Crippen LogP contribution in [-0.4, -0.2) is 26.1 Å². The van der Waals surface area contributed by atoms with Gasteiger partial charge in [-0.1, -0.05) is 18.2 Å². The zero-order valence-corrected chi connectivity index (χ0v) is 11.5. The van der Waals surface area contributed by atoms with Crippen LogP contribution in [0.4, 0.5) is 0 Å². The number of fused-ring (bicyclic) bond motifs is 1. The Kier molecular flexibility index (Phi) is 3.56. The van der Waals surface area contributed by atoms with Gasteiger partial charge < -0.3 is 15.4 Å². The highest BCUT2D eigenvalue weighted by atomic mass is 16.5. The molecule has 1 amide bonds. The van der Waals surface area contributed by atoms with Crippen molar-refractivity contribution in [3.8, 4) is 5.75 Å². The third-order valence-corrected chi connectivity index (χ3v) is 3.73. The lowest BCUT2D eigenvalue weighted by Crippen LogP contribution is -2.50. The van der Waals surface area contributed by atoms with Crippen molar-refractivity contribution in [1.82, 2.24) is 10.6 Å². The van der Waals surface area contributed by atoms with Crippen LogP contribution < -0.4 is 15.4 Å². The molecular formula is C16H18N2O2. The quantitative estimate of drug-likeness (QED) is 0.889. The van der Waals surface area contributed by atoms with Gasteiger partial charge in [0.25, 0.3) is 0 Å². The monoisotopic (exact) mass is 270 g/mol. The summed E-state index contributed by atoms with van der Waals surface area (Å²) in [6.07, 6.45) is 0. The lowest BCUT2D eigenvalue weighted by Gasteiger charge is -2.25. The lowest BCUT2D eigenvalue weighted by molar-refractivity contribution is -0.126. The van der Waals surface area contributed by atoms with E-state index >= 15 is 0 Å². The van der Waals surface area contributed by atoms with Crippen LogP contribution in [0.5, 0.6) is 5.75 Å². The molecule has 0 aromatic heterocycles. The minimum absolute atomic E-state index is 0.138. The first-order chi connectivity index (χ1) is 9.76. The van der Waals surface area contributed by atoms with E-state index in [1.165, 1.54) is 0 Å². The van der Waals surface area contributed by atoms with Crippen molar-refractivity contribution < 1.29 is 9.53 Å². The maximum absolute atomic E-state index is 11.8. The zero-order chi connectivity index (χ0) is 13.9. The number of rotatable bonds is 4. The molecule has 1 aliphatic rings. The number of nitrogens with one attached hydrogen (secondary N) is 2. The van der Waals surface area contributed by atoms with Gasteiger partial charge in [-0.2, -0.15) is 0 Å². The molecule has 1 fully saturated rings. The summed E-state index contributed by atoms with van der Waals surface area (Å²) >= 11 is 0. The Bertz CT molecular complexity index is 635. The normalized spacial score (nSPS) is 14.8. The first-order valence-electron chi connectivity index (χ1n) is 6.81. The van der Waals surface area contributed by atoms with Crippen LogP contribution in [0.2, 0.25) is 0 Å². The van der Waals surface area contributed by atoms with E-state index in [4.69, 9.17) is 4.74 Å². The third-order valence-electron chi connectivity index (χ3n) is 3.73. The molecule has 20 heavy (non-hydrogen) atoms. The Hall–Kier alpha value is -2.07. The minimum Gasteiger partial charge on any atom is -0.497 e. The van der Waals surface area contributed by atoms with Crippen LogP contribution >= 0.6 is 0 Å². The van der Waals surface area contributed by atoms with Crippen molar-refractivity contribution in [2.24, 2.45) is 5.92 Å². The molecular weight excluding hydrogens is 252 g/mol. The molecule has 0 unspecified atom stereocenters. The number of carbonyl (C=O) groups is 1. The van der Waals surface area contributed by atoms with Crippen molar-refractivity contribution in [2.75, 3.05) is 20.2 Å². The topological polar surface area (TPSA) is 50.4 Å². The SMILES string of the molecule is COc1ccc2cc(CNC(=O)C3CNC3)ccc2c1. The number of hydrogen-bond acceptors (Lipinski definition) is 3. The van der Waals surface area contributed by atoms with Gasteiger partial charge in [-0.05, 0) is 34.5 Å². The maximum atomic E-state index is 11.8. The van der Waals surface area contributed by atoms with Crippen molar-refractivity contribution in [1.29, 1.82) is 0 Å². The van der Waals surface area contributed by atoms with E-state index in [0.717, 1.165) is 35.2 Å². The molecule has 0 radical (unpaired) electrons. The highest BCUT2D eigenvalue weighted by Gasteiger charge is 2.24. The number of ether oxygens (including phenoxy) is 1. The Morgan fingerprint density at radius 2 is 2.00 bits per heavy atom. The Labute approximate surface area is 118 Å². The second-order valence-corrected chi connectivity index (χ2v) is 5.12. The molecule has 0 spiro atoms. The molecule has 3 rings (SSSR count). The number of hydrogen-bond donors (Lipinski definition) is 2. The summed E-state index contributed by atoms with van der Waals surface area (Å²) in [6.45, 7) is 2.17. The van der Waals surface area contributed by atoms with E-state index in [1.807, 2.05) is 24.3 Å². The summed E-state index contributed by atoms with van der Waals surface area (Å²) in [7, 11) is 1.67. The number of methoxy groups -OCH3 is 1. The van der Waals surface area contributed by atoms with Crippen molar-refractivity contribution in [2.45, 2.75) is 6.54 Å². The van der Waals surface area contributed by atoms with Crippen molar-refractivity contribution >= 4 is 16.7 Å². The van der Waals surface area contributed by atoms with Crippen molar-refractivity contribution in [3.05, 3.63) is 42.0 Å². The first-order valence-corrected chi connectivity index (χ1v) is 6.81. The van der Waals surface area contributed by atoms with Crippen LogP contribution in [0.15, 0.2) is 36.4 Å². The van der Waals surface area contributed by atoms with Gasteiger partial charge in [-0.25, -0.2) is 0 Å². The van der Waals surface area contributed by atoms with Gasteiger partial charge >= 0.3 is 0 Å². The smallest absolute Gasteiger partial charge is 0.225 e. The van der Waals surface area contributed by atoms with Gasteiger partial charge in [0.1, 0.15) is 5.75 Å². The summed E-state index contributed by atoms with van der Waals surface area (Å²) in [5, 5.41) is 8.38. The highest BCUT2D eigenvalue weighted by molar-refractivity contribution is 5.85. The predicted molar refractivity (Wildman–Crippen MR) is 78.7 cm³/mol. The molecule has 0 bridgehead atoms. The van der Waals surface area contributed by atoms with Gasteiger partial charge in [0.2, 0.25) is 5.91 Å². The Balaban J connectivity index is 1.70. The van der Waals surface area contributed by atoms with E-state index in [0.29, 0.717) is 6.54 Å².